The summed E-state index contributed by atoms with van der Waals surface area (Å²) in [7, 11) is 0. The van der Waals surface area contributed by atoms with Crippen molar-refractivity contribution in [3.8, 4) is 0 Å². The minimum atomic E-state index is -0.351. The molecule has 0 bridgehead atoms. The van der Waals surface area contributed by atoms with E-state index in [2.05, 4.69) is 10.6 Å². The first kappa shape index (κ1) is 11.9. The van der Waals surface area contributed by atoms with Crippen LogP contribution in [0.3, 0.4) is 0 Å². The monoisotopic (exact) mass is 235 g/mol. The Morgan fingerprint density at radius 3 is 3.00 bits per heavy atom. The molecule has 17 heavy (non-hydrogen) atoms. The maximum Gasteiger partial charge on any atom is 0.292 e. The first-order valence-electron chi connectivity index (χ1n) is 5.98. The summed E-state index contributed by atoms with van der Waals surface area (Å²) in [5.74, 6) is 0. The zero-order valence-corrected chi connectivity index (χ0v) is 9.69. The highest BCUT2D eigenvalue weighted by Crippen LogP contribution is 2.23. The van der Waals surface area contributed by atoms with Gasteiger partial charge < -0.3 is 10.6 Å². The van der Waals surface area contributed by atoms with Gasteiger partial charge in [0.15, 0.2) is 0 Å². The van der Waals surface area contributed by atoms with Crippen molar-refractivity contribution in [2.75, 3.05) is 18.4 Å². The second-order valence-electron chi connectivity index (χ2n) is 4.28. The molecule has 1 heterocycles. The van der Waals surface area contributed by atoms with Crippen molar-refractivity contribution in [1.82, 2.24) is 5.32 Å². The summed E-state index contributed by atoms with van der Waals surface area (Å²) in [6.45, 7) is 1.86. The molecule has 5 nitrogen and oxygen atoms in total. The van der Waals surface area contributed by atoms with Crippen molar-refractivity contribution < 1.29 is 4.92 Å². The first-order valence-corrected chi connectivity index (χ1v) is 5.98. The molecule has 0 amide bonds. The molecule has 0 aromatic heterocycles. The number of nitrogens with one attached hydrogen (secondary N) is 2. The van der Waals surface area contributed by atoms with Crippen LogP contribution in [0.4, 0.5) is 11.4 Å². The molecular weight excluding hydrogens is 218 g/mol. The third-order valence-corrected chi connectivity index (χ3v) is 3.07. The molecule has 1 aromatic carbocycles. The molecule has 0 spiro atoms. The van der Waals surface area contributed by atoms with E-state index in [0.717, 1.165) is 19.5 Å². The van der Waals surface area contributed by atoms with Gasteiger partial charge in [-0.05, 0) is 31.9 Å². The Kier molecular flexibility index (Phi) is 3.93. The number of hydrogen-bond donors (Lipinski definition) is 2. The van der Waals surface area contributed by atoms with Crippen molar-refractivity contribution in [3.05, 3.63) is 34.4 Å². The summed E-state index contributed by atoms with van der Waals surface area (Å²) in [6.07, 6.45) is 3.45. The first-order chi connectivity index (χ1) is 8.27. The number of nitrogens with zero attached hydrogens (tertiary/aromatic N) is 1. The predicted octanol–water partition coefficient (Wildman–Crippen LogP) is 2.15. The zero-order valence-electron chi connectivity index (χ0n) is 9.69. The van der Waals surface area contributed by atoms with Crippen LogP contribution >= 0.6 is 0 Å². The quantitative estimate of drug-likeness (QED) is 0.606. The molecular formula is C12H17N3O2. The standard InChI is InChI=1S/C12H17N3O2/c16-15(17)12-6-2-1-5-11(12)14-9-7-10-4-3-8-13-10/h1-2,5-6,10,13-14H,3-4,7-9H2. The van der Waals surface area contributed by atoms with Crippen molar-refractivity contribution in [2.24, 2.45) is 0 Å². The molecule has 1 aliphatic heterocycles. The largest absolute Gasteiger partial charge is 0.379 e. The van der Waals surface area contributed by atoms with E-state index in [1.54, 1.807) is 12.1 Å². The molecule has 5 heteroatoms. The van der Waals surface area contributed by atoms with Crippen LogP contribution in [0.5, 0.6) is 0 Å². The Morgan fingerprint density at radius 1 is 1.47 bits per heavy atom. The molecule has 1 atom stereocenters. The van der Waals surface area contributed by atoms with Gasteiger partial charge in [0, 0.05) is 18.7 Å². The minimum Gasteiger partial charge on any atom is -0.379 e. The van der Waals surface area contributed by atoms with E-state index in [4.69, 9.17) is 0 Å². The summed E-state index contributed by atoms with van der Waals surface area (Å²) in [5.41, 5.74) is 0.752. The van der Waals surface area contributed by atoms with Crippen molar-refractivity contribution in [2.45, 2.75) is 25.3 Å². The van der Waals surface area contributed by atoms with Gasteiger partial charge in [0.25, 0.3) is 5.69 Å². The van der Waals surface area contributed by atoms with Crippen LogP contribution in [0.1, 0.15) is 19.3 Å². The Hall–Kier alpha value is -1.62. The maximum absolute atomic E-state index is 10.8. The molecule has 1 unspecified atom stereocenters. The molecule has 92 valence electrons. The summed E-state index contributed by atoms with van der Waals surface area (Å²) in [6, 6.07) is 7.33. The highest BCUT2D eigenvalue weighted by molar-refractivity contribution is 5.60. The lowest BCUT2D eigenvalue weighted by Crippen LogP contribution is -2.24. The van der Waals surface area contributed by atoms with Gasteiger partial charge in [-0.15, -0.1) is 0 Å². The molecule has 1 aromatic rings. The highest BCUT2D eigenvalue weighted by Gasteiger charge is 2.15. The van der Waals surface area contributed by atoms with E-state index in [1.165, 1.54) is 18.9 Å². The zero-order chi connectivity index (χ0) is 12.1. The molecule has 0 radical (unpaired) electrons. The second-order valence-corrected chi connectivity index (χ2v) is 4.28. The predicted molar refractivity (Wildman–Crippen MR) is 67.2 cm³/mol. The number of para-hydroxylation sites is 2. The summed E-state index contributed by atoms with van der Waals surface area (Å²) >= 11 is 0. The van der Waals surface area contributed by atoms with Crippen molar-refractivity contribution in [1.29, 1.82) is 0 Å². The molecule has 0 aliphatic carbocycles. The molecule has 1 saturated heterocycles. The third kappa shape index (κ3) is 3.17. The van der Waals surface area contributed by atoms with Crippen LogP contribution in [0.2, 0.25) is 0 Å². The average Bonchev–Trinajstić information content (AvgIpc) is 2.82. The topological polar surface area (TPSA) is 67.2 Å². The molecule has 2 N–H and O–H groups in total. The highest BCUT2D eigenvalue weighted by atomic mass is 16.6. The minimum absolute atomic E-state index is 0.145. The Labute approximate surface area is 100 Å². The number of hydrogen-bond acceptors (Lipinski definition) is 4. The van der Waals surface area contributed by atoms with Gasteiger partial charge in [-0.3, -0.25) is 10.1 Å². The SMILES string of the molecule is O=[N+]([O-])c1ccccc1NCCC1CCCN1. The van der Waals surface area contributed by atoms with Crippen LogP contribution in [0, 0.1) is 10.1 Å². The fraction of sp³-hybridized carbons (Fsp3) is 0.500. The van der Waals surface area contributed by atoms with Gasteiger partial charge in [-0.2, -0.15) is 0 Å². The maximum atomic E-state index is 10.8. The van der Waals surface area contributed by atoms with E-state index in [1.807, 2.05) is 6.07 Å². The molecule has 0 saturated carbocycles. The van der Waals surface area contributed by atoms with Crippen molar-refractivity contribution >= 4 is 11.4 Å². The summed E-state index contributed by atoms with van der Waals surface area (Å²) < 4.78 is 0. The molecule has 1 aliphatic rings. The Balaban J connectivity index is 1.87. The molecule has 1 fully saturated rings. The van der Waals surface area contributed by atoms with Crippen LogP contribution in [-0.2, 0) is 0 Å². The fourth-order valence-corrected chi connectivity index (χ4v) is 2.17. The van der Waals surface area contributed by atoms with E-state index in [0.29, 0.717) is 11.7 Å². The van der Waals surface area contributed by atoms with E-state index in [-0.39, 0.29) is 10.6 Å². The van der Waals surface area contributed by atoms with Gasteiger partial charge in [0.05, 0.1) is 4.92 Å². The number of nitro groups is 1. The Morgan fingerprint density at radius 2 is 2.29 bits per heavy atom. The molecule has 2 rings (SSSR count). The van der Waals surface area contributed by atoms with Gasteiger partial charge >= 0.3 is 0 Å². The third-order valence-electron chi connectivity index (χ3n) is 3.07. The van der Waals surface area contributed by atoms with E-state index < -0.39 is 0 Å². The number of nitro benzene ring substituents is 1. The van der Waals surface area contributed by atoms with Crippen LogP contribution in [0.15, 0.2) is 24.3 Å². The van der Waals surface area contributed by atoms with E-state index >= 15 is 0 Å². The fourth-order valence-electron chi connectivity index (χ4n) is 2.17. The summed E-state index contributed by atoms with van der Waals surface area (Å²) in [5, 5.41) is 17.3. The lowest BCUT2D eigenvalue weighted by atomic mass is 10.1. The lowest BCUT2D eigenvalue weighted by Gasteiger charge is -2.11. The van der Waals surface area contributed by atoms with Gasteiger partial charge in [-0.1, -0.05) is 12.1 Å². The van der Waals surface area contributed by atoms with Gasteiger partial charge in [0.1, 0.15) is 5.69 Å². The van der Waals surface area contributed by atoms with Gasteiger partial charge in [-0.25, -0.2) is 0 Å². The van der Waals surface area contributed by atoms with Crippen LogP contribution in [-0.4, -0.2) is 24.1 Å². The normalized spacial score (nSPS) is 19.2. The summed E-state index contributed by atoms with van der Waals surface area (Å²) in [4.78, 5) is 10.4. The second kappa shape index (κ2) is 5.63. The van der Waals surface area contributed by atoms with Crippen molar-refractivity contribution in [3.63, 3.8) is 0 Å². The lowest BCUT2D eigenvalue weighted by molar-refractivity contribution is -0.384. The smallest absolute Gasteiger partial charge is 0.292 e. The van der Waals surface area contributed by atoms with E-state index in [9.17, 15) is 10.1 Å². The number of rotatable bonds is 5. The number of benzene rings is 1. The number of anilines is 1. The average molecular weight is 235 g/mol. The van der Waals surface area contributed by atoms with Gasteiger partial charge in [0.2, 0.25) is 0 Å². The van der Waals surface area contributed by atoms with Crippen LogP contribution < -0.4 is 10.6 Å². The Bertz CT molecular complexity index is 389. The van der Waals surface area contributed by atoms with Crippen LogP contribution in [0.25, 0.3) is 0 Å².